The second kappa shape index (κ2) is 8.00. The van der Waals surface area contributed by atoms with Crippen LogP contribution in [-0.4, -0.2) is 59.0 Å². The molecule has 2 aromatic heterocycles. The number of rotatable bonds is 5. The maximum Gasteiger partial charge on any atom is 0.289 e. The van der Waals surface area contributed by atoms with E-state index in [2.05, 4.69) is 44.2 Å². The molecule has 3 heterocycles. The summed E-state index contributed by atoms with van der Waals surface area (Å²) in [7, 11) is 4.21. The quantitative estimate of drug-likeness (QED) is 0.868. The number of pyridine rings is 1. The van der Waals surface area contributed by atoms with Gasteiger partial charge in [-0.1, -0.05) is 6.07 Å². The number of likely N-dealkylation sites (N-methyl/N-ethyl adjacent to an activating group) is 1. The van der Waals surface area contributed by atoms with Crippen LogP contribution < -0.4 is 10.2 Å². The molecule has 1 aliphatic rings. The van der Waals surface area contributed by atoms with Crippen LogP contribution in [0.25, 0.3) is 0 Å². The fourth-order valence-electron chi connectivity index (χ4n) is 3.34. The van der Waals surface area contributed by atoms with Crippen LogP contribution in [0.1, 0.15) is 39.6 Å². The van der Waals surface area contributed by atoms with E-state index >= 15 is 0 Å². The van der Waals surface area contributed by atoms with Crippen LogP contribution in [0.4, 0.5) is 5.82 Å². The number of aryl methyl sites for hydroxylation is 2. The van der Waals surface area contributed by atoms with E-state index in [0.717, 1.165) is 47.8 Å². The summed E-state index contributed by atoms with van der Waals surface area (Å²) < 4.78 is 0. The lowest BCUT2D eigenvalue weighted by Crippen LogP contribution is -2.33. The third-order valence-corrected chi connectivity index (χ3v) is 5.32. The first-order chi connectivity index (χ1) is 12.9. The minimum Gasteiger partial charge on any atom is -0.355 e. The number of carbonyl (C=O) groups is 1. The summed E-state index contributed by atoms with van der Waals surface area (Å²) >= 11 is 0. The molecule has 144 valence electrons. The Morgan fingerprint density at radius 3 is 2.70 bits per heavy atom. The number of carbonyl (C=O) groups excluding carboxylic acids is 1. The van der Waals surface area contributed by atoms with E-state index in [1.807, 2.05) is 32.9 Å². The van der Waals surface area contributed by atoms with E-state index < -0.39 is 0 Å². The van der Waals surface area contributed by atoms with Gasteiger partial charge in [-0.15, -0.1) is 0 Å². The molecule has 0 aliphatic carbocycles. The molecule has 1 atom stereocenters. The van der Waals surface area contributed by atoms with Gasteiger partial charge in [-0.05, 0) is 52.9 Å². The molecule has 0 spiro atoms. The molecule has 27 heavy (non-hydrogen) atoms. The molecule has 0 bridgehead atoms. The monoisotopic (exact) mass is 368 g/mol. The van der Waals surface area contributed by atoms with Gasteiger partial charge in [-0.3, -0.25) is 9.78 Å². The zero-order valence-electron chi connectivity index (χ0n) is 16.8. The molecule has 1 aliphatic heterocycles. The summed E-state index contributed by atoms with van der Waals surface area (Å²) in [5.74, 6) is 0.837. The van der Waals surface area contributed by atoms with Gasteiger partial charge in [0.2, 0.25) is 5.82 Å². The van der Waals surface area contributed by atoms with Crippen molar-refractivity contribution in [2.45, 2.75) is 39.8 Å². The van der Waals surface area contributed by atoms with Crippen molar-refractivity contribution in [3.63, 3.8) is 0 Å². The zero-order valence-corrected chi connectivity index (χ0v) is 16.8. The molecular weight excluding hydrogens is 340 g/mol. The van der Waals surface area contributed by atoms with Crippen LogP contribution >= 0.6 is 0 Å². The van der Waals surface area contributed by atoms with E-state index in [0.29, 0.717) is 12.6 Å². The van der Waals surface area contributed by atoms with Crippen LogP contribution in [0.15, 0.2) is 18.3 Å². The molecule has 7 heteroatoms. The average Bonchev–Trinajstić information content (AvgIpc) is 3.13. The number of nitrogens with one attached hydrogen (secondary N) is 1. The van der Waals surface area contributed by atoms with Gasteiger partial charge in [0.1, 0.15) is 5.82 Å². The van der Waals surface area contributed by atoms with Gasteiger partial charge in [0.05, 0.1) is 0 Å². The zero-order chi connectivity index (χ0) is 19.6. The number of hydrogen-bond acceptors (Lipinski definition) is 6. The highest BCUT2D eigenvalue weighted by molar-refractivity contribution is 5.91. The lowest BCUT2D eigenvalue weighted by atomic mass is 10.2. The normalized spacial score (nSPS) is 16.8. The van der Waals surface area contributed by atoms with E-state index in [4.69, 9.17) is 0 Å². The maximum atomic E-state index is 12.6. The van der Waals surface area contributed by atoms with Gasteiger partial charge in [0, 0.05) is 48.8 Å². The second-order valence-electron chi connectivity index (χ2n) is 7.36. The average molecular weight is 368 g/mol. The van der Waals surface area contributed by atoms with Gasteiger partial charge in [0.15, 0.2) is 0 Å². The fraction of sp³-hybridized carbons (Fsp3) is 0.500. The molecule has 0 aromatic carbocycles. The molecule has 1 saturated heterocycles. The van der Waals surface area contributed by atoms with Crippen LogP contribution in [0.3, 0.4) is 0 Å². The Hall–Kier alpha value is -2.54. The minimum absolute atomic E-state index is 0.225. The van der Waals surface area contributed by atoms with Gasteiger partial charge in [-0.2, -0.15) is 0 Å². The lowest BCUT2D eigenvalue weighted by Gasteiger charge is -2.23. The van der Waals surface area contributed by atoms with Crippen LogP contribution in [0.2, 0.25) is 0 Å². The fourth-order valence-corrected chi connectivity index (χ4v) is 3.34. The molecule has 1 fully saturated rings. The molecule has 0 unspecified atom stereocenters. The Morgan fingerprint density at radius 2 is 2.04 bits per heavy atom. The highest BCUT2D eigenvalue weighted by Crippen LogP contribution is 2.25. The molecule has 0 saturated carbocycles. The van der Waals surface area contributed by atoms with Crippen LogP contribution in [0, 0.1) is 20.8 Å². The first-order valence-corrected chi connectivity index (χ1v) is 9.32. The molecule has 2 aromatic rings. The Labute approximate surface area is 160 Å². The number of hydrogen-bond donors (Lipinski definition) is 1. The minimum atomic E-state index is -0.258. The largest absolute Gasteiger partial charge is 0.355 e. The summed E-state index contributed by atoms with van der Waals surface area (Å²) in [4.78, 5) is 30.4. The smallest absolute Gasteiger partial charge is 0.289 e. The van der Waals surface area contributed by atoms with Crippen molar-refractivity contribution in [1.29, 1.82) is 0 Å². The highest BCUT2D eigenvalue weighted by Gasteiger charge is 2.27. The number of anilines is 1. The molecule has 0 radical (unpaired) electrons. The van der Waals surface area contributed by atoms with Crippen LogP contribution in [0.5, 0.6) is 0 Å². The van der Waals surface area contributed by atoms with Crippen molar-refractivity contribution in [2.75, 3.05) is 32.1 Å². The van der Waals surface area contributed by atoms with Gasteiger partial charge in [-0.25, -0.2) is 9.97 Å². The van der Waals surface area contributed by atoms with Crippen molar-refractivity contribution < 1.29 is 4.79 Å². The van der Waals surface area contributed by atoms with Crippen molar-refractivity contribution >= 4 is 11.7 Å². The summed E-state index contributed by atoms with van der Waals surface area (Å²) in [6.07, 6.45) is 2.84. The topological polar surface area (TPSA) is 74.2 Å². The van der Waals surface area contributed by atoms with Crippen LogP contribution in [-0.2, 0) is 6.54 Å². The standard InChI is InChI=1S/C20H28N6O/c1-13-14(2)23-18(20(27)22-11-16-7-6-9-21-15(16)3)24-19(13)26-10-8-17(12-26)25(4)5/h6-7,9,17H,8,10-12H2,1-5H3,(H,22,27)/t17-/m1/s1. The maximum absolute atomic E-state index is 12.6. The second-order valence-corrected chi connectivity index (χ2v) is 7.36. The van der Waals surface area contributed by atoms with Crippen molar-refractivity contribution in [2.24, 2.45) is 0 Å². The predicted octanol–water partition coefficient (Wildman–Crippen LogP) is 1.87. The molecule has 7 nitrogen and oxygen atoms in total. The van der Waals surface area contributed by atoms with E-state index in [1.54, 1.807) is 6.20 Å². The summed E-state index contributed by atoms with van der Waals surface area (Å²) in [6.45, 7) is 8.16. The first-order valence-electron chi connectivity index (χ1n) is 9.32. The van der Waals surface area contributed by atoms with Crippen molar-refractivity contribution in [1.82, 2.24) is 25.2 Å². The van der Waals surface area contributed by atoms with Gasteiger partial charge < -0.3 is 15.1 Å². The summed E-state index contributed by atoms with van der Waals surface area (Å²) in [5.41, 5.74) is 3.78. The summed E-state index contributed by atoms with van der Waals surface area (Å²) in [5, 5.41) is 2.92. The lowest BCUT2D eigenvalue weighted by molar-refractivity contribution is 0.0940. The van der Waals surface area contributed by atoms with E-state index in [1.165, 1.54) is 0 Å². The number of amides is 1. The first kappa shape index (κ1) is 19.2. The van der Waals surface area contributed by atoms with Crippen molar-refractivity contribution in [3.05, 3.63) is 46.7 Å². The Morgan fingerprint density at radius 1 is 1.26 bits per heavy atom. The third kappa shape index (κ3) is 4.24. The molecule has 1 N–H and O–H groups in total. The van der Waals surface area contributed by atoms with E-state index in [9.17, 15) is 4.79 Å². The molecular formula is C20H28N6O. The third-order valence-electron chi connectivity index (χ3n) is 5.32. The van der Waals surface area contributed by atoms with Gasteiger partial charge >= 0.3 is 0 Å². The highest BCUT2D eigenvalue weighted by atomic mass is 16.2. The Kier molecular flexibility index (Phi) is 5.70. The Balaban J connectivity index is 1.77. The van der Waals surface area contributed by atoms with Crippen molar-refractivity contribution in [3.8, 4) is 0 Å². The molecule has 1 amide bonds. The number of aromatic nitrogens is 3. The number of nitrogens with zero attached hydrogens (tertiary/aromatic N) is 5. The van der Waals surface area contributed by atoms with Gasteiger partial charge in [0.25, 0.3) is 5.91 Å². The van der Waals surface area contributed by atoms with E-state index in [-0.39, 0.29) is 11.7 Å². The summed E-state index contributed by atoms with van der Waals surface area (Å²) in [6, 6.07) is 4.33. The SMILES string of the molecule is Cc1ncccc1CNC(=O)c1nc(C)c(C)c(N2CC[C@@H](N(C)C)C2)n1. The molecule has 3 rings (SSSR count). The Bertz CT molecular complexity index is 835. The predicted molar refractivity (Wildman–Crippen MR) is 106 cm³/mol.